The zero-order valence-electron chi connectivity index (χ0n) is 15.4. The number of aromatic amines is 1. The number of hydrogen-bond acceptors (Lipinski definition) is 6. The van der Waals surface area contributed by atoms with Crippen molar-refractivity contribution in [2.45, 2.75) is 57.1 Å². The van der Waals surface area contributed by atoms with Gasteiger partial charge in [0.05, 0.1) is 6.61 Å². The quantitative estimate of drug-likeness (QED) is 0.655. The Hall–Kier alpha value is -2.77. The number of nitrogens with one attached hydrogen (secondary N) is 3. The van der Waals surface area contributed by atoms with Crippen molar-refractivity contribution in [1.29, 1.82) is 0 Å². The number of pyridine rings is 1. The van der Waals surface area contributed by atoms with Crippen LogP contribution in [0.4, 0.5) is 16.3 Å². The molecule has 3 heterocycles. The summed E-state index contributed by atoms with van der Waals surface area (Å²) in [6, 6.07) is 5.80. The predicted octanol–water partition coefficient (Wildman–Crippen LogP) is 3.47. The van der Waals surface area contributed by atoms with E-state index < -0.39 is 0 Å². The molecule has 3 N–H and O–H groups in total. The Kier molecular flexibility index (Phi) is 5.13. The molecule has 1 amide bonds. The summed E-state index contributed by atoms with van der Waals surface area (Å²) < 4.78 is 11.3. The molecule has 6 bridgehead atoms. The summed E-state index contributed by atoms with van der Waals surface area (Å²) in [7, 11) is 0. The molecule has 0 saturated heterocycles. The van der Waals surface area contributed by atoms with E-state index in [0.29, 0.717) is 18.4 Å². The van der Waals surface area contributed by atoms with Crippen molar-refractivity contribution in [3.63, 3.8) is 0 Å². The molecule has 1 aliphatic heterocycles. The smallest absolute Gasteiger partial charge is 0.407 e. The number of aromatic nitrogens is 3. The van der Waals surface area contributed by atoms with Crippen LogP contribution in [0.15, 0.2) is 24.4 Å². The average molecular weight is 371 g/mol. The van der Waals surface area contributed by atoms with Gasteiger partial charge in [0.2, 0.25) is 5.88 Å². The first-order valence-electron chi connectivity index (χ1n) is 9.54. The van der Waals surface area contributed by atoms with Gasteiger partial charge in [0, 0.05) is 41.7 Å². The molecule has 144 valence electrons. The van der Waals surface area contributed by atoms with E-state index in [1.807, 2.05) is 25.1 Å². The molecule has 27 heavy (non-hydrogen) atoms. The Morgan fingerprint density at radius 3 is 3.07 bits per heavy atom. The maximum atomic E-state index is 12.1. The van der Waals surface area contributed by atoms with E-state index in [1.54, 1.807) is 6.20 Å². The van der Waals surface area contributed by atoms with Crippen LogP contribution in [-0.4, -0.2) is 40.0 Å². The van der Waals surface area contributed by atoms with Crippen LogP contribution in [0.25, 0.3) is 0 Å². The van der Waals surface area contributed by atoms with E-state index in [2.05, 4.69) is 25.8 Å². The van der Waals surface area contributed by atoms with Crippen molar-refractivity contribution < 1.29 is 14.3 Å². The van der Waals surface area contributed by atoms with Crippen molar-refractivity contribution in [3.05, 3.63) is 30.1 Å². The number of hydrogen-bond donors (Lipinski definition) is 3. The van der Waals surface area contributed by atoms with E-state index in [-0.39, 0.29) is 18.2 Å². The van der Waals surface area contributed by atoms with Gasteiger partial charge in [-0.2, -0.15) is 5.10 Å². The van der Waals surface area contributed by atoms with Crippen molar-refractivity contribution in [1.82, 2.24) is 20.5 Å². The summed E-state index contributed by atoms with van der Waals surface area (Å²) in [6.45, 7) is 2.51. The van der Waals surface area contributed by atoms with E-state index in [0.717, 1.165) is 49.3 Å². The first-order valence-corrected chi connectivity index (χ1v) is 9.54. The van der Waals surface area contributed by atoms with Crippen LogP contribution in [0.3, 0.4) is 0 Å². The van der Waals surface area contributed by atoms with E-state index in [4.69, 9.17) is 9.47 Å². The number of H-pyrrole nitrogens is 1. The number of carbonyl (C=O) groups excluding carboxylic acids is 1. The minimum atomic E-state index is -0.337. The fraction of sp³-hybridized carbons (Fsp3) is 0.526. The van der Waals surface area contributed by atoms with Gasteiger partial charge in [0.25, 0.3) is 0 Å². The minimum absolute atomic E-state index is 0.0355. The summed E-state index contributed by atoms with van der Waals surface area (Å²) >= 11 is 0. The molecular weight excluding hydrogens is 346 g/mol. The largest absolute Gasteiger partial charge is 0.478 e. The van der Waals surface area contributed by atoms with Gasteiger partial charge < -0.3 is 20.1 Å². The fourth-order valence-corrected chi connectivity index (χ4v) is 3.68. The summed E-state index contributed by atoms with van der Waals surface area (Å²) in [5.74, 6) is 1.63. The monoisotopic (exact) mass is 371 g/mol. The zero-order valence-corrected chi connectivity index (χ0v) is 15.4. The fourth-order valence-electron chi connectivity index (χ4n) is 3.68. The number of rotatable bonds is 0. The topological polar surface area (TPSA) is 101 Å². The first-order chi connectivity index (χ1) is 13.2. The highest BCUT2D eigenvalue weighted by Gasteiger charge is 2.30. The van der Waals surface area contributed by atoms with Gasteiger partial charge in [-0.15, -0.1) is 0 Å². The maximum Gasteiger partial charge on any atom is 0.407 e. The average Bonchev–Trinajstić information content (AvgIpc) is 3.28. The molecule has 1 aliphatic carbocycles. The lowest BCUT2D eigenvalue weighted by Gasteiger charge is -2.17. The third-order valence-electron chi connectivity index (χ3n) is 5.10. The molecule has 3 atom stereocenters. The number of alkyl carbamates (subject to hydrolysis) is 1. The molecule has 2 aliphatic rings. The molecule has 4 rings (SSSR count). The van der Waals surface area contributed by atoms with E-state index in [9.17, 15) is 4.79 Å². The third kappa shape index (κ3) is 4.50. The number of nitrogens with zero attached hydrogens (tertiary/aromatic N) is 2. The van der Waals surface area contributed by atoms with Gasteiger partial charge >= 0.3 is 6.09 Å². The lowest BCUT2D eigenvalue weighted by molar-refractivity contribution is 0.0969. The summed E-state index contributed by atoms with van der Waals surface area (Å²) in [5, 5.41) is 13.7. The highest BCUT2D eigenvalue weighted by molar-refractivity contribution is 5.67. The Labute approximate surface area is 158 Å². The standard InChI is InChI=1S/C19H25N5O3/c1-12-3-2-8-26-18-10-14(6-7-20-18)22-17-11-16(23-24-17)13-4-5-15(9-13)27-19(25)21-12/h6-7,10-13,15H,2-5,8-9H2,1H3,(H,21,25)(H2,22,23,24)/t12?,13-,15+/m0/s1. The molecular formula is C19H25N5O3. The van der Waals surface area contributed by atoms with Gasteiger partial charge in [-0.25, -0.2) is 9.78 Å². The Bertz CT molecular complexity index is 793. The Morgan fingerprint density at radius 2 is 2.15 bits per heavy atom. The number of anilines is 2. The second-order valence-corrected chi connectivity index (χ2v) is 7.29. The molecule has 8 nitrogen and oxygen atoms in total. The number of carbonyl (C=O) groups is 1. The molecule has 2 aromatic rings. The second kappa shape index (κ2) is 7.85. The van der Waals surface area contributed by atoms with Gasteiger partial charge in [0.15, 0.2) is 5.82 Å². The molecule has 0 radical (unpaired) electrons. The lowest BCUT2D eigenvalue weighted by Crippen LogP contribution is -2.35. The van der Waals surface area contributed by atoms with Crippen molar-refractivity contribution in [2.24, 2.45) is 0 Å². The van der Waals surface area contributed by atoms with Gasteiger partial charge in [-0.1, -0.05) is 0 Å². The highest BCUT2D eigenvalue weighted by Crippen LogP contribution is 2.36. The molecule has 1 fully saturated rings. The Balaban J connectivity index is 1.52. The highest BCUT2D eigenvalue weighted by atomic mass is 16.6. The van der Waals surface area contributed by atoms with E-state index in [1.165, 1.54) is 0 Å². The third-order valence-corrected chi connectivity index (χ3v) is 5.10. The van der Waals surface area contributed by atoms with Crippen LogP contribution in [0.2, 0.25) is 0 Å². The van der Waals surface area contributed by atoms with Crippen molar-refractivity contribution in [3.8, 4) is 5.88 Å². The minimum Gasteiger partial charge on any atom is -0.478 e. The Morgan fingerprint density at radius 1 is 1.22 bits per heavy atom. The molecule has 1 unspecified atom stereocenters. The van der Waals surface area contributed by atoms with Crippen LogP contribution in [0.5, 0.6) is 5.88 Å². The van der Waals surface area contributed by atoms with Crippen LogP contribution in [-0.2, 0) is 4.74 Å². The van der Waals surface area contributed by atoms with Gasteiger partial charge in [0.1, 0.15) is 6.10 Å². The normalized spacial score (nSPS) is 26.0. The van der Waals surface area contributed by atoms with Gasteiger partial charge in [-0.3, -0.25) is 5.10 Å². The van der Waals surface area contributed by atoms with Crippen molar-refractivity contribution >= 4 is 17.6 Å². The molecule has 1 saturated carbocycles. The first kappa shape index (κ1) is 17.6. The zero-order chi connectivity index (χ0) is 18.6. The molecule has 2 aromatic heterocycles. The summed E-state index contributed by atoms with van der Waals surface area (Å²) in [6.07, 6.45) is 5.62. The van der Waals surface area contributed by atoms with Crippen LogP contribution < -0.4 is 15.4 Å². The number of ether oxygens (including phenoxy) is 2. The van der Waals surface area contributed by atoms with Gasteiger partial charge in [-0.05, 0) is 45.1 Å². The van der Waals surface area contributed by atoms with Crippen LogP contribution in [0, 0.1) is 0 Å². The number of fused-ring (bicyclic) bond motifs is 7. The van der Waals surface area contributed by atoms with Crippen molar-refractivity contribution in [2.75, 3.05) is 11.9 Å². The summed E-state index contributed by atoms with van der Waals surface area (Å²) in [5.41, 5.74) is 1.94. The van der Waals surface area contributed by atoms with Crippen LogP contribution >= 0.6 is 0 Å². The predicted molar refractivity (Wildman–Crippen MR) is 100 cm³/mol. The molecule has 0 aromatic carbocycles. The lowest BCUT2D eigenvalue weighted by atomic mass is 10.0. The second-order valence-electron chi connectivity index (χ2n) is 7.29. The summed E-state index contributed by atoms with van der Waals surface area (Å²) in [4.78, 5) is 16.4. The van der Waals surface area contributed by atoms with Crippen LogP contribution in [0.1, 0.15) is 50.6 Å². The SMILES string of the molecule is CC1CCCOc2cc(ccn2)Nc2cc([nH]n2)[C@H]2CC[C@H](C2)OC(=O)N1. The maximum absolute atomic E-state index is 12.1. The molecule has 8 heteroatoms. The number of amides is 1. The van der Waals surface area contributed by atoms with E-state index >= 15 is 0 Å². The molecule has 0 spiro atoms.